The largest absolute Gasteiger partial charge is 0.377 e. The second kappa shape index (κ2) is 5.41. The highest BCUT2D eigenvalue weighted by Crippen LogP contribution is 2.34. The molecule has 0 radical (unpaired) electrons. The minimum Gasteiger partial charge on any atom is -0.377 e. The van der Waals surface area contributed by atoms with E-state index in [9.17, 15) is 0 Å². The lowest BCUT2D eigenvalue weighted by atomic mass is 9.80. The Labute approximate surface area is 111 Å². The molecule has 0 unspecified atom stereocenters. The minimum absolute atomic E-state index is 0.118. The second-order valence-corrected chi connectivity index (χ2v) is 5.72. The van der Waals surface area contributed by atoms with Crippen LogP contribution in [0.1, 0.15) is 41.5 Å². The van der Waals surface area contributed by atoms with Gasteiger partial charge < -0.3 is 10.1 Å². The van der Waals surface area contributed by atoms with Crippen molar-refractivity contribution in [3.05, 3.63) is 34.4 Å². The fourth-order valence-electron chi connectivity index (χ4n) is 2.93. The average molecular weight is 247 g/mol. The smallest absolute Gasteiger partial charge is 0.0802 e. The number of hydrogen-bond donors (Lipinski definition) is 1. The standard InChI is InChI=1S/C16H25NO/c1-12-8-13(2)15(14(3)9-12)10-17-11-16(18-4)6-5-7-16/h8-9,17H,5-7,10-11H2,1-4H3. The summed E-state index contributed by atoms with van der Waals surface area (Å²) >= 11 is 0. The Kier molecular flexibility index (Phi) is 4.08. The van der Waals surface area contributed by atoms with Crippen LogP contribution in [0.2, 0.25) is 0 Å². The van der Waals surface area contributed by atoms with Crippen LogP contribution in [0, 0.1) is 20.8 Å². The summed E-state index contributed by atoms with van der Waals surface area (Å²) in [5.74, 6) is 0. The zero-order valence-electron chi connectivity index (χ0n) is 12.1. The van der Waals surface area contributed by atoms with Crippen molar-refractivity contribution in [3.8, 4) is 0 Å². The van der Waals surface area contributed by atoms with E-state index < -0.39 is 0 Å². The summed E-state index contributed by atoms with van der Waals surface area (Å²) in [7, 11) is 1.84. The molecule has 1 N–H and O–H groups in total. The topological polar surface area (TPSA) is 21.3 Å². The molecule has 2 rings (SSSR count). The molecule has 1 fully saturated rings. The number of ether oxygens (including phenoxy) is 1. The summed E-state index contributed by atoms with van der Waals surface area (Å²) in [6.07, 6.45) is 3.70. The van der Waals surface area contributed by atoms with Gasteiger partial charge in [-0.15, -0.1) is 0 Å². The molecule has 1 aliphatic carbocycles. The molecule has 0 bridgehead atoms. The summed E-state index contributed by atoms with van der Waals surface area (Å²) in [5.41, 5.74) is 5.68. The molecule has 0 saturated heterocycles. The van der Waals surface area contributed by atoms with Gasteiger partial charge in [-0.05, 0) is 56.7 Å². The quantitative estimate of drug-likeness (QED) is 0.862. The van der Waals surface area contributed by atoms with E-state index in [2.05, 4.69) is 38.2 Å². The predicted octanol–water partition coefficient (Wildman–Crippen LogP) is 3.27. The number of aryl methyl sites for hydroxylation is 3. The third kappa shape index (κ3) is 2.76. The van der Waals surface area contributed by atoms with Crippen LogP contribution in [0.4, 0.5) is 0 Å². The van der Waals surface area contributed by atoms with E-state index in [-0.39, 0.29) is 5.60 Å². The molecule has 1 saturated carbocycles. The van der Waals surface area contributed by atoms with Crippen LogP contribution < -0.4 is 5.32 Å². The van der Waals surface area contributed by atoms with Crippen LogP contribution in [0.5, 0.6) is 0 Å². The van der Waals surface area contributed by atoms with Gasteiger partial charge >= 0.3 is 0 Å². The van der Waals surface area contributed by atoms with Crippen molar-refractivity contribution >= 4 is 0 Å². The Balaban J connectivity index is 1.94. The molecule has 0 spiro atoms. The van der Waals surface area contributed by atoms with Gasteiger partial charge in [-0.2, -0.15) is 0 Å². The highest BCUT2D eigenvalue weighted by atomic mass is 16.5. The van der Waals surface area contributed by atoms with Gasteiger partial charge in [0.05, 0.1) is 5.60 Å². The van der Waals surface area contributed by atoms with Gasteiger partial charge in [-0.1, -0.05) is 17.7 Å². The van der Waals surface area contributed by atoms with E-state index in [1.807, 2.05) is 7.11 Å². The van der Waals surface area contributed by atoms with E-state index in [1.165, 1.54) is 41.5 Å². The number of benzene rings is 1. The maximum atomic E-state index is 5.63. The molecular formula is C16H25NO. The van der Waals surface area contributed by atoms with Crippen molar-refractivity contribution in [3.63, 3.8) is 0 Å². The summed E-state index contributed by atoms with van der Waals surface area (Å²) in [5, 5.41) is 3.57. The number of rotatable bonds is 5. The normalized spacial score (nSPS) is 17.6. The van der Waals surface area contributed by atoms with Crippen LogP contribution >= 0.6 is 0 Å². The van der Waals surface area contributed by atoms with E-state index >= 15 is 0 Å². The van der Waals surface area contributed by atoms with Gasteiger partial charge in [0.1, 0.15) is 0 Å². The number of methoxy groups -OCH3 is 1. The fourth-order valence-corrected chi connectivity index (χ4v) is 2.93. The van der Waals surface area contributed by atoms with Crippen molar-refractivity contribution in [2.75, 3.05) is 13.7 Å². The van der Waals surface area contributed by atoms with Crippen LogP contribution in [-0.4, -0.2) is 19.3 Å². The molecule has 0 aliphatic heterocycles. The van der Waals surface area contributed by atoms with Crippen LogP contribution in [0.25, 0.3) is 0 Å². The second-order valence-electron chi connectivity index (χ2n) is 5.72. The van der Waals surface area contributed by atoms with Crippen molar-refractivity contribution in [1.82, 2.24) is 5.32 Å². The lowest BCUT2D eigenvalue weighted by Crippen LogP contribution is -2.47. The number of hydrogen-bond acceptors (Lipinski definition) is 2. The maximum Gasteiger partial charge on any atom is 0.0802 e. The van der Waals surface area contributed by atoms with Gasteiger partial charge in [0.25, 0.3) is 0 Å². The Morgan fingerprint density at radius 1 is 1.17 bits per heavy atom. The van der Waals surface area contributed by atoms with Gasteiger partial charge in [0, 0.05) is 20.2 Å². The van der Waals surface area contributed by atoms with Gasteiger partial charge in [-0.25, -0.2) is 0 Å². The first-order valence-electron chi connectivity index (χ1n) is 6.89. The van der Waals surface area contributed by atoms with Gasteiger partial charge in [0.15, 0.2) is 0 Å². The Bertz CT molecular complexity index is 393. The van der Waals surface area contributed by atoms with Crippen molar-refractivity contribution in [2.45, 2.75) is 52.2 Å². The minimum atomic E-state index is 0.118. The highest BCUT2D eigenvalue weighted by molar-refractivity contribution is 5.37. The Morgan fingerprint density at radius 3 is 2.22 bits per heavy atom. The molecule has 0 aromatic heterocycles. The zero-order valence-corrected chi connectivity index (χ0v) is 12.1. The third-order valence-electron chi connectivity index (χ3n) is 4.29. The third-order valence-corrected chi connectivity index (χ3v) is 4.29. The molecule has 0 amide bonds. The average Bonchev–Trinajstić information content (AvgIpc) is 2.25. The van der Waals surface area contributed by atoms with Crippen molar-refractivity contribution in [1.29, 1.82) is 0 Å². The Morgan fingerprint density at radius 2 is 1.78 bits per heavy atom. The fraction of sp³-hybridized carbons (Fsp3) is 0.625. The molecule has 2 nitrogen and oxygen atoms in total. The first-order valence-corrected chi connectivity index (χ1v) is 6.89. The summed E-state index contributed by atoms with van der Waals surface area (Å²) in [6.45, 7) is 8.48. The van der Waals surface area contributed by atoms with Crippen LogP contribution in [0.3, 0.4) is 0 Å². The maximum absolute atomic E-state index is 5.63. The molecule has 0 heterocycles. The van der Waals surface area contributed by atoms with E-state index in [0.29, 0.717) is 0 Å². The molecule has 0 atom stereocenters. The number of nitrogens with one attached hydrogen (secondary N) is 1. The van der Waals surface area contributed by atoms with Gasteiger partial charge in [-0.3, -0.25) is 0 Å². The first-order chi connectivity index (χ1) is 8.56. The van der Waals surface area contributed by atoms with Crippen LogP contribution in [-0.2, 0) is 11.3 Å². The zero-order chi connectivity index (χ0) is 13.2. The van der Waals surface area contributed by atoms with E-state index in [0.717, 1.165) is 13.1 Å². The predicted molar refractivity (Wildman–Crippen MR) is 76.0 cm³/mol. The molecule has 1 aliphatic rings. The molecule has 1 aromatic carbocycles. The van der Waals surface area contributed by atoms with Crippen molar-refractivity contribution in [2.24, 2.45) is 0 Å². The highest BCUT2D eigenvalue weighted by Gasteiger charge is 2.36. The molecule has 18 heavy (non-hydrogen) atoms. The van der Waals surface area contributed by atoms with E-state index in [1.54, 1.807) is 0 Å². The summed E-state index contributed by atoms with van der Waals surface area (Å²) in [4.78, 5) is 0. The lowest BCUT2D eigenvalue weighted by molar-refractivity contribution is -0.0695. The lowest BCUT2D eigenvalue weighted by Gasteiger charge is -2.40. The first kappa shape index (κ1) is 13.6. The monoisotopic (exact) mass is 247 g/mol. The Hall–Kier alpha value is -0.860. The summed E-state index contributed by atoms with van der Waals surface area (Å²) < 4.78 is 5.63. The van der Waals surface area contributed by atoms with Crippen molar-refractivity contribution < 1.29 is 4.74 Å². The summed E-state index contributed by atoms with van der Waals surface area (Å²) in [6, 6.07) is 4.53. The molecule has 100 valence electrons. The van der Waals surface area contributed by atoms with E-state index in [4.69, 9.17) is 4.74 Å². The van der Waals surface area contributed by atoms with Gasteiger partial charge in [0.2, 0.25) is 0 Å². The molecular weight excluding hydrogens is 222 g/mol. The molecule has 2 heteroatoms. The molecule has 1 aromatic rings. The SMILES string of the molecule is COC1(CNCc2c(C)cc(C)cc2C)CCC1. The van der Waals surface area contributed by atoms with Crippen LogP contribution in [0.15, 0.2) is 12.1 Å².